The third kappa shape index (κ3) is 6.60. The SMILES string of the molecule is CCCCCCCOc1ccc(-c2nnc(CCCCC)s2)cc1. The Hall–Kier alpha value is -1.42. The summed E-state index contributed by atoms with van der Waals surface area (Å²) in [5, 5.41) is 10.8. The van der Waals surface area contributed by atoms with E-state index in [1.54, 1.807) is 11.3 Å². The lowest BCUT2D eigenvalue weighted by Crippen LogP contribution is -1.97. The zero-order chi connectivity index (χ0) is 17.0. The van der Waals surface area contributed by atoms with E-state index in [1.807, 2.05) is 12.1 Å². The molecule has 0 amide bonds. The minimum atomic E-state index is 0.809. The first kappa shape index (κ1) is 18.9. The number of nitrogens with zero attached hydrogens (tertiary/aromatic N) is 2. The Bertz CT molecular complexity index is 565. The third-order valence-electron chi connectivity index (χ3n) is 4.08. The molecule has 0 unspecified atom stereocenters. The van der Waals surface area contributed by atoms with Crippen molar-refractivity contribution in [3.63, 3.8) is 0 Å². The number of unbranched alkanes of at least 4 members (excludes halogenated alkanes) is 6. The van der Waals surface area contributed by atoms with Gasteiger partial charge in [0, 0.05) is 12.0 Å². The largest absolute Gasteiger partial charge is 0.494 e. The minimum Gasteiger partial charge on any atom is -0.494 e. The Morgan fingerprint density at radius 2 is 1.54 bits per heavy atom. The van der Waals surface area contributed by atoms with E-state index in [-0.39, 0.29) is 0 Å². The van der Waals surface area contributed by atoms with Crippen molar-refractivity contribution in [2.24, 2.45) is 0 Å². The predicted octanol–water partition coefficient (Wildman–Crippen LogP) is 6.29. The van der Waals surface area contributed by atoms with Crippen molar-refractivity contribution in [3.8, 4) is 16.3 Å². The van der Waals surface area contributed by atoms with Gasteiger partial charge in [-0.1, -0.05) is 63.7 Å². The van der Waals surface area contributed by atoms with Gasteiger partial charge in [-0.3, -0.25) is 0 Å². The highest BCUT2D eigenvalue weighted by molar-refractivity contribution is 7.14. The molecular formula is C20H30N2OS. The predicted molar refractivity (Wildman–Crippen MR) is 103 cm³/mol. The molecule has 2 aromatic rings. The van der Waals surface area contributed by atoms with E-state index in [0.29, 0.717) is 0 Å². The summed E-state index contributed by atoms with van der Waals surface area (Å²) in [5.41, 5.74) is 1.13. The monoisotopic (exact) mass is 346 g/mol. The van der Waals surface area contributed by atoms with Gasteiger partial charge in [-0.05, 0) is 37.1 Å². The topological polar surface area (TPSA) is 35.0 Å². The Kier molecular flexibility index (Phi) is 8.82. The van der Waals surface area contributed by atoms with Crippen LogP contribution in [-0.4, -0.2) is 16.8 Å². The fourth-order valence-electron chi connectivity index (χ4n) is 2.59. The summed E-state index contributed by atoms with van der Waals surface area (Å²) in [4.78, 5) is 0. The van der Waals surface area contributed by atoms with Crippen molar-refractivity contribution in [2.75, 3.05) is 6.61 Å². The maximum absolute atomic E-state index is 5.82. The van der Waals surface area contributed by atoms with Crippen LogP contribution in [0.1, 0.15) is 70.2 Å². The zero-order valence-corrected chi connectivity index (χ0v) is 15.9. The molecule has 0 saturated heterocycles. The summed E-state index contributed by atoms with van der Waals surface area (Å²) in [5.74, 6) is 0.946. The maximum Gasteiger partial charge on any atom is 0.147 e. The van der Waals surface area contributed by atoms with E-state index in [1.165, 1.54) is 44.9 Å². The smallest absolute Gasteiger partial charge is 0.147 e. The average Bonchev–Trinajstić information content (AvgIpc) is 3.08. The molecule has 24 heavy (non-hydrogen) atoms. The van der Waals surface area contributed by atoms with Crippen molar-refractivity contribution in [3.05, 3.63) is 29.3 Å². The van der Waals surface area contributed by atoms with Gasteiger partial charge in [-0.2, -0.15) is 0 Å². The Morgan fingerprint density at radius 1 is 0.833 bits per heavy atom. The lowest BCUT2D eigenvalue weighted by molar-refractivity contribution is 0.304. The lowest BCUT2D eigenvalue weighted by atomic mass is 10.2. The van der Waals surface area contributed by atoms with Crippen molar-refractivity contribution in [1.29, 1.82) is 0 Å². The van der Waals surface area contributed by atoms with Crippen molar-refractivity contribution < 1.29 is 4.74 Å². The van der Waals surface area contributed by atoms with Crippen LogP contribution in [0.4, 0.5) is 0 Å². The first-order chi connectivity index (χ1) is 11.8. The fraction of sp³-hybridized carbons (Fsp3) is 0.600. The van der Waals surface area contributed by atoms with E-state index in [4.69, 9.17) is 4.74 Å². The molecule has 0 aliphatic carbocycles. The van der Waals surface area contributed by atoms with E-state index in [2.05, 4.69) is 36.2 Å². The first-order valence-electron chi connectivity index (χ1n) is 9.39. The highest BCUT2D eigenvalue weighted by atomic mass is 32.1. The summed E-state index contributed by atoms with van der Waals surface area (Å²) in [6.07, 6.45) is 11.1. The average molecular weight is 347 g/mol. The molecule has 1 aromatic heterocycles. The van der Waals surface area contributed by atoms with Gasteiger partial charge >= 0.3 is 0 Å². The molecule has 0 fully saturated rings. The normalized spacial score (nSPS) is 10.9. The van der Waals surface area contributed by atoms with Gasteiger partial charge in [0.2, 0.25) is 0 Å². The molecule has 0 bridgehead atoms. The molecule has 0 atom stereocenters. The second-order valence-electron chi connectivity index (χ2n) is 6.25. The van der Waals surface area contributed by atoms with Gasteiger partial charge in [0.15, 0.2) is 0 Å². The molecule has 0 radical (unpaired) electrons. The summed E-state index contributed by atoms with van der Waals surface area (Å²) in [7, 11) is 0. The molecule has 4 heteroatoms. The molecule has 132 valence electrons. The molecule has 0 N–H and O–H groups in total. The molecular weight excluding hydrogens is 316 g/mol. The summed E-state index contributed by atoms with van der Waals surface area (Å²) < 4.78 is 5.82. The quantitative estimate of drug-likeness (QED) is 0.424. The van der Waals surface area contributed by atoms with E-state index in [9.17, 15) is 0 Å². The van der Waals surface area contributed by atoms with Gasteiger partial charge < -0.3 is 4.74 Å². The number of ether oxygens (including phenoxy) is 1. The number of rotatable bonds is 12. The molecule has 2 rings (SSSR count). The second-order valence-corrected chi connectivity index (χ2v) is 7.31. The first-order valence-corrected chi connectivity index (χ1v) is 10.2. The summed E-state index contributed by atoms with van der Waals surface area (Å²) in [6.45, 7) is 5.27. The second kappa shape index (κ2) is 11.2. The summed E-state index contributed by atoms with van der Waals surface area (Å²) in [6, 6.07) is 8.25. The van der Waals surface area contributed by atoms with Crippen LogP contribution < -0.4 is 4.74 Å². The van der Waals surface area contributed by atoms with Crippen LogP contribution in [0.3, 0.4) is 0 Å². The van der Waals surface area contributed by atoms with E-state index in [0.717, 1.165) is 40.8 Å². The van der Waals surface area contributed by atoms with Crippen molar-refractivity contribution >= 4 is 11.3 Å². The van der Waals surface area contributed by atoms with Crippen molar-refractivity contribution in [1.82, 2.24) is 10.2 Å². The Labute approximate surface area is 150 Å². The number of hydrogen-bond donors (Lipinski definition) is 0. The zero-order valence-electron chi connectivity index (χ0n) is 15.1. The number of aromatic nitrogens is 2. The van der Waals surface area contributed by atoms with E-state index >= 15 is 0 Å². The van der Waals surface area contributed by atoms with Gasteiger partial charge in [0.25, 0.3) is 0 Å². The molecule has 0 saturated carbocycles. The van der Waals surface area contributed by atoms with Crippen LogP contribution >= 0.6 is 11.3 Å². The lowest BCUT2D eigenvalue weighted by Gasteiger charge is -2.06. The van der Waals surface area contributed by atoms with Crippen LogP contribution in [-0.2, 0) is 6.42 Å². The third-order valence-corrected chi connectivity index (χ3v) is 5.11. The molecule has 3 nitrogen and oxygen atoms in total. The van der Waals surface area contributed by atoms with Crippen molar-refractivity contribution in [2.45, 2.75) is 71.6 Å². The van der Waals surface area contributed by atoms with Crippen LogP contribution in [0.15, 0.2) is 24.3 Å². The Balaban J connectivity index is 1.77. The molecule has 0 spiro atoms. The van der Waals surface area contributed by atoms with Crippen LogP contribution in [0, 0.1) is 0 Å². The molecule has 1 aromatic carbocycles. The summed E-state index contributed by atoms with van der Waals surface area (Å²) >= 11 is 1.71. The number of benzene rings is 1. The van der Waals surface area contributed by atoms with Gasteiger partial charge in [-0.15, -0.1) is 10.2 Å². The van der Waals surface area contributed by atoms with Crippen LogP contribution in [0.5, 0.6) is 5.75 Å². The highest BCUT2D eigenvalue weighted by Gasteiger charge is 2.06. The Morgan fingerprint density at radius 3 is 2.29 bits per heavy atom. The number of hydrogen-bond acceptors (Lipinski definition) is 4. The van der Waals surface area contributed by atoms with Crippen LogP contribution in [0.25, 0.3) is 10.6 Å². The molecule has 0 aliphatic heterocycles. The number of aryl methyl sites for hydroxylation is 1. The maximum atomic E-state index is 5.82. The van der Waals surface area contributed by atoms with Gasteiger partial charge in [0.1, 0.15) is 15.8 Å². The molecule has 0 aliphatic rings. The van der Waals surface area contributed by atoms with Crippen LogP contribution in [0.2, 0.25) is 0 Å². The van der Waals surface area contributed by atoms with Gasteiger partial charge in [0.05, 0.1) is 6.61 Å². The van der Waals surface area contributed by atoms with Gasteiger partial charge in [-0.25, -0.2) is 0 Å². The standard InChI is InChI=1S/C20H30N2OS/c1-3-5-7-8-10-16-23-18-14-12-17(13-15-18)20-22-21-19(24-20)11-9-6-4-2/h12-15H,3-11,16H2,1-2H3. The molecule has 1 heterocycles. The fourth-order valence-corrected chi connectivity index (χ4v) is 3.47. The highest BCUT2D eigenvalue weighted by Crippen LogP contribution is 2.26. The minimum absolute atomic E-state index is 0.809. The van der Waals surface area contributed by atoms with E-state index < -0.39 is 0 Å².